The van der Waals surface area contributed by atoms with Gasteiger partial charge in [0, 0.05) is 6.07 Å². The van der Waals surface area contributed by atoms with E-state index >= 15 is 0 Å². The number of hydrogen-bond acceptors (Lipinski definition) is 4. The summed E-state index contributed by atoms with van der Waals surface area (Å²) in [6.07, 6.45) is 0. The van der Waals surface area contributed by atoms with Crippen LogP contribution >= 0.6 is 0 Å². The summed E-state index contributed by atoms with van der Waals surface area (Å²) in [4.78, 5) is 31.2. The third-order valence-corrected chi connectivity index (χ3v) is 1.37. The molecule has 0 aliphatic heterocycles. The van der Waals surface area contributed by atoms with Crippen LogP contribution in [0.15, 0.2) is 10.5 Å². The first-order chi connectivity index (χ1) is 6.43. The topological polar surface area (TPSA) is 125 Å². The molecule has 0 amide bonds. The average Bonchev–Trinajstić information content (AvgIpc) is 2.47. The maximum absolute atomic E-state index is 10.4. The zero-order valence-corrected chi connectivity index (χ0v) is 6.55. The fourth-order valence-corrected chi connectivity index (χ4v) is 0.814. The molecule has 0 aliphatic rings. The summed E-state index contributed by atoms with van der Waals surface area (Å²) in [5, 5.41) is 25.4. The Morgan fingerprint density at radius 3 is 1.86 bits per heavy atom. The van der Waals surface area contributed by atoms with Crippen LogP contribution in [0.5, 0.6) is 0 Å². The zero-order valence-electron chi connectivity index (χ0n) is 6.55. The molecule has 0 radical (unpaired) electrons. The van der Waals surface area contributed by atoms with E-state index in [2.05, 4.69) is 4.42 Å². The SMILES string of the molecule is O=C(O)c1cc(C(=O)O)c(C(=O)O)o1. The summed E-state index contributed by atoms with van der Waals surface area (Å²) in [7, 11) is 0. The molecule has 0 atom stereocenters. The monoisotopic (exact) mass is 200 g/mol. The fraction of sp³-hybridized carbons (Fsp3) is 0. The van der Waals surface area contributed by atoms with Gasteiger partial charge in [0.2, 0.25) is 11.5 Å². The molecule has 0 saturated heterocycles. The minimum Gasteiger partial charge on any atom is -0.478 e. The van der Waals surface area contributed by atoms with Gasteiger partial charge in [0.05, 0.1) is 0 Å². The van der Waals surface area contributed by atoms with Crippen LogP contribution in [0.3, 0.4) is 0 Å². The zero-order chi connectivity index (χ0) is 10.9. The van der Waals surface area contributed by atoms with Gasteiger partial charge in [-0.1, -0.05) is 0 Å². The Morgan fingerprint density at radius 1 is 1.00 bits per heavy atom. The second kappa shape index (κ2) is 3.21. The van der Waals surface area contributed by atoms with E-state index in [1.807, 2.05) is 0 Å². The molecular formula is C7H4O7. The fourth-order valence-electron chi connectivity index (χ4n) is 0.814. The van der Waals surface area contributed by atoms with Crippen LogP contribution in [0.25, 0.3) is 0 Å². The van der Waals surface area contributed by atoms with Crippen molar-refractivity contribution in [2.75, 3.05) is 0 Å². The van der Waals surface area contributed by atoms with E-state index in [0.29, 0.717) is 6.07 Å². The molecule has 14 heavy (non-hydrogen) atoms. The normalized spacial score (nSPS) is 9.71. The van der Waals surface area contributed by atoms with Crippen molar-refractivity contribution in [3.63, 3.8) is 0 Å². The van der Waals surface area contributed by atoms with Gasteiger partial charge in [0.1, 0.15) is 5.56 Å². The van der Waals surface area contributed by atoms with Crippen molar-refractivity contribution in [1.29, 1.82) is 0 Å². The Bertz CT molecular complexity index is 382. The van der Waals surface area contributed by atoms with Crippen molar-refractivity contribution in [2.45, 2.75) is 0 Å². The maximum atomic E-state index is 10.4. The molecule has 7 heteroatoms. The van der Waals surface area contributed by atoms with Crippen LogP contribution in [0.1, 0.15) is 31.5 Å². The number of rotatable bonds is 3. The van der Waals surface area contributed by atoms with E-state index in [1.54, 1.807) is 0 Å². The lowest BCUT2D eigenvalue weighted by Crippen LogP contribution is -2.03. The highest BCUT2D eigenvalue weighted by Crippen LogP contribution is 2.15. The third kappa shape index (κ3) is 1.56. The summed E-state index contributed by atoms with van der Waals surface area (Å²) in [6, 6.07) is 0.647. The molecule has 1 rings (SSSR count). The van der Waals surface area contributed by atoms with Crippen molar-refractivity contribution >= 4 is 17.9 Å². The quantitative estimate of drug-likeness (QED) is 0.643. The van der Waals surface area contributed by atoms with E-state index in [0.717, 1.165) is 0 Å². The van der Waals surface area contributed by atoms with Crippen LogP contribution in [0, 0.1) is 0 Å². The van der Waals surface area contributed by atoms with Crippen LogP contribution < -0.4 is 0 Å². The second-order valence-electron chi connectivity index (χ2n) is 2.27. The smallest absolute Gasteiger partial charge is 0.372 e. The predicted molar refractivity (Wildman–Crippen MR) is 39.6 cm³/mol. The second-order valence-corrected chi connectivity index (χ2v) is 2.27. The minimum absolute atomic E-state index is 0.647. The number of carbonyl (C=O) groups is 3. The Kier molecular flexibility index (Phi) is 2.24. The summed E-state index contributed by atoms with van der Waals surface area (Å²) in [5.41, 5.74) is -0.685. The Balaban J connectivity index is 3.33. The van der Waals surface area contributed by atoms with Gasteiger partial charge in [-0.05, 0) is 0 Å². The number of furan rings is 1. The highest BCUT2D eigenvalue weighted by Gasteiger charge is 2.24. The van der Waals surface area contributed by atoms with E-state index in [9.17, 15) is 14.4 Å². The molecule has 0 aliphatic carbocycles. The molecule has 0 saturated carbocycles. The molecule has 7 nitrogen and oxygen atoms in total. The maximum Gasteiger partial charge on any atom is 0.372 e. The first kappa shape index (κ1) is 9.78. The third-order valence-electron chi connectivity index (χ3n) is 1.37. The molecular weight excluding hydrogens is 196 g/mol. The van der Waals surface area contributed by atoms with Gasteiger partial charge in [-0.3, -0.25) is 0 Å². The lowest BCUT2D eigenvalue weighted by atomic mass is 10.2. The minimum atomic E-state index is -1.63. The van der Waals surface area contributed by atoms with Crippen LogP contribution in [0.4, 0.5) is 0 Å². The predicted octanol–water partition coefficient (Wildman–Crippen LogP) is 0.374. The van der Waals surface area contributed by atoms with Gasteiger partial charge in [0.15, 0.2) is 0 Å². The van der Waals surface area contributed by atoms with Gasteiger partial charge in [-0.25, -0.2) is 14.4 Å². The highest BCUT2D eigenvalue weighted by atomic mass is 16.4. The number of carboxylic acid groups (broad SMARTS) is 3. The van der Waals surface area contributed by atoms with Gasteiger partial charge in [-0.15, -0.1) is 0 Å². The van der Waals surface area contributed by atoms with Crippen molar-refractivity contribution in [2.24, 2.45) is 0 Å². The lowest BCUT2D eigenvalue weighted by Gasteiger charge is -1.89. The Morgan fingerprint density at radius 2 is 1.57 bits per heavy atom. The molecule has 1 aromatic heterocycles. The van der Waals surface area contributed by atoms with Crippen LogP contribution in [-0.4, -0.2) is 33.2 Å². The number of aromatic carboxylic acids is 3. The molecule has 0 fully saturated rings. The van der Waals surface area contributed by atoms with E-state index in [4.69, 9.17) is 15.3 Å². The summed E-state index contributed by atoms with van der Waals surface area (Å²) < 4.78 is 4.32. The molecule has 0 aromatic carbocycles. The highest BCUT2D eigenvalue weighted by molar-refractivity contribution is 6.01. The summed E-state index contributed by atoms with van der Waals surface area (Å²) >= 11 is 0. The average molecular weight is 200 g/mol. The van der Waals surface area contributed by atoms with Gasteiger partial charge >= 0.3 is 17.9 Å². The van der Waals surface area contributed by atoms with E-state index < -0.39 is 35.0 Å². The number of hydrogen-bond donors (Lipinski definition) is 3. The summed E-state index contributed by atoms with van der Waals surface area (Å²) in [6.45, 7) is 0. The molecule has 1 heterocycles. The van der Waals surface area contributed by atoms with Gasteiger partial charge in [-0.2, -0.15) is 0 Å². The Hall–Kier alpha value is -2.31. The van der Waals surface area contributed by atoms with Crippen LogP contribution in [-0.2, 0) is 0 Å². The molecule has 0 bridgehead atoms. The van der Waals surface area contributed by atoms with Crippen molar-refractivity contribution < 1.29 is 34.1 Å². The van der Waals surface area contributed by atoms with E-state index in [-0.39, 0.29) is 0 Å². The number of carboxylic acids is 3. The first-order valence-electron chi connectivity index (χ1n) is 3.27. The molecule has 1 aromatic rings. The standard InChI is InChI=1S/C7H4O7/c8-5(9)2-1-3(6(10)11)14-4(2)7(12)13/h1H,(H,8,9)(H,10,11)(H,12,13). The molecule has 3 N–H and O–H groups in total. The molecule has 0 unspecified atom stereocenters. The van der Waals surface area contributed by atoms with Crippen molar-refractivity contribution in [3.05, 3.63) is 23.2 Å². The van der Waals surface area contributed by atoms with Crippen molar-refractivity contribution in [3.8, 4) is 0 Å². The van der Waals surface area contributed by atoms with Gasteiger partial charge in [0.25, 0.3) is 0 Å². The summed E-state index contributed by atoms with van der Waals surface area (Å²) in [5.74, 6) is -6.33. The largest absolute Gasteiger partial charge is 0.478 e. The lowest BCUT2D eigenvalue weighted by molar-refractivity contribution is 0.0608. The van der Waals surface area contributed by atoms with Crippen molar-refractivity contribution in [1.82, 2.24) is 0 Å². The molecule has 74 valence electrons. The van der Waals surface area contributed by atoms with E-state index in [1.165, 1.54) is 0 Å². The van der Waals surface area contributed by atoms with Gasteiger partial charge < -0.3 is 19.7 Å². The van der Waals surface area contributed by atoms with Crippen LogP contribution in [0.2, 0.25) is 0 Å². The molecule has 0 spiro atoms. The first-order valence-corrected chi connectivity index (χ1v) is 3.27. The Labute approximate surface area is 76.2 Å².